The Balaban J connectivity index is 2.57. The number of carboxylic acids is 1. The van der Waals surface area contributed by atoms with Crippen LogP contribution in [0.2, 0.25) is 5.02 Å². The first kappa shape index (κ1) is 17.1. The maximum atomic E-state index is 14.1. The number of methoxy groups -OCH3 is 1. The molecule has 0 aromatic heterocycles. The van der Waals surface area contributed by atoms with Gasteiger partial charge < -0.3 is 9.84 Å². The maximum absolute atomic E-state index is 14.1. The van der Waals surface area contributed by atoms with Gasteiger partial charge in [-0.15, -0.1) is 0 Å². The largest absolute Gasteiger partial charge is 0.480 e. The normalized spacial score (nSPS) is 22.9. The zero-order valence-electron chi connectivity index (χ0n) is 11.8. The Morgan fingerprint density at radius 3 is 2.82 bits per heavy atom. The van der Waals surface area contributed by atoms with Crippen LogP contribution in [0.5, 0.6) is 0 Å². The first-order valence-electron chi connectivity index (χ1n) is 6.46. The molecule has 1 aromatic rings. The van der Waals surface area contributed by atoms with Gasteiger partial charge in [-0.1, -0.05) is 17.7 Å². The van der Waals surface area contributed by atoms with Crippen LogP contribution in [-0.4, -0.2) is 49.6 Å². The third kappa shape index (κ3) is 2.60. The number of aliphatic carboxylic acids is 1. The fraction of sp³-hybridized carbons (Fsp3) is 0.462. The Hall–Kier alpha value is -1.22. The van der Waals surface area contributed by atoms with E-state index in [0.29, 0.717) is 6.42 Å². The van der Waals surface area contributed by atoms with E-state index in [9.17, 15) is 22.7 Å². The van der Waals surface area contributed by atoms with Gasteiger partial charge in [-0.25, -0.2) is 12.8 Å². The number of rotatable bonds is 5. The monoisotopic (exact) mass is 351 g/mol. The summed E-state index contributed by atoms with van der Waals surface area (Å²) in [5.74, 6) is -2.41. The lowest BCUT2D eigenvalue weighted by molar-refractivity contribution is -0.150. The first-order chi connectivity index (χ1) is 10.3. The van der Waals surface area contributed by atoms with Crippen molar-refractivity contribution in [2.75, 3.05) is 20.3 Å². The van der Waals surface area contributed by atoms with Gasteiger partial charge in [0.05, 0.1) is 11.6 Å². The Kier molecular flexibility index (Phi) is 4.76. The van der Waals surface area contributed by atoms with Crippen molar-refractivity contribution in [2.24, 2.45) is 0 Å². The summed E-state index contributed by atoms with van der Waals surface area (Å²) in [6, 6.07) is 3.58. The Morgan fingerprint density at radius 1 is 1.55 bits per heavy atom. The summed E-state index contributed by atoms with van der Waals surface area (Å²) in [6.07, 6.45) is 0.439. The van der Waals surface area contributed by atoms with Crippen molar-refractivity contribution < 1.29 is 27.4 Å². The number of carbonyl (C=O) groups is 1. The average molecular weight is 352 g/mol. The molecule has 0 radical (unpaired) electrons. The van der Waals surface area contributed by atoms with Crippen LogP contribution < -0.4 is 0 Å². The minimum atomic E-state index is -4.35. The van der Waals surface area contributed by atoms with Gasteiger partial charge in [0.1, 0.15) is 4.90 Å². The van der Waals surface area contributed by atoms with Crippen LogP contribution in [0.25, 0.3) is 0 Å². The first-order valence-corrected chi connectivity index (χ1v) is 8.28. The molecule has 1 N–H and O–H groups in total. The molecule has 2 rings (SSSR count). The highest BCUT2D eigenvalue weighted by Gasteiger charge is 2.54. The SMILES string of the molecule is COCC1(C(=O)O)CCCN1S(=O)(=O)c1cccc(Cl)c1F. The zero-order valence-corrected chi connectivity index (χ0v) is 13.3. The van der Waals surface area contributed by atoms with Crippen LogP contribution in [0.1, 0.15) is 12.8 Å². The lowest BCUT2D eigenvalue weighted by atomic mass is 9.99. The van der Waals surface area contributed by atoms with E-state index < -0.39 is 32.2 Å². The number of halogens is 2. The molecule has 0 saturated carbocycles. The second-order valence-electron chi connectivity index (χ2n) is 5.00. The second kappa shape index (κ2) is 6.11. The molecule has 1 fully saturated rings. The molecule has 1 heterocycles. The van der Waals surface area contributed by atoms with E-state index in [1.54, 1.807) is 0 Å². The quantitative estimate of drug-likeness (QED) is 0.873. The van der Waals surface area contributed by atoms with E-state index in [4.69, 9.17) is 16.3 Å². The van der Waals surface area contributed by atoms with Gasteiger partial charge >= 0.3 is 5.97 Å². The molecule has 9 heteroatoms. The van der Waals surface area contributed by atoms with Crippen molar-refractivity contribution >= 4 is 27.6 Å². The van der Waals surface area contributed by atoms with Gasteiger partial charge in [-0.05, 0) is 25.0 Å². The van der Waals surface area contributed by atoms with Crippen molar-refractivity contribution in [3.63, 3.8) is 0 Å². The highest BCUT2D eigenvalue weighted by Crippen LogP contribution is 2.36. The van der Waals surface area contributed by atoms with Gasteiger partial charge in [0.15, 0.2) is 11.4 Å². The van der Waals surface area contributed by atoms with Gasteiger partial charge in [-0.3, -0.25) is 4.79 Å². The van der Waals surface area contributed by atoms with Crippen molar-refractivity contribution in [1.82, 2.24) is 4.31 Å². The summed E-state index contributed by atoms with van der Waals surface area (Å²) in [5, 5.41) is 9.15. The summed E-state index contributed by atoms with van der Waals surface area (Å²) >= 11 is 5.62. The summed E-state index contributed by atoms with van der Waals surface area (Å²) in [6.45, 7) is -0.340. The third-order valence-corrected chi connectivity index (χ3v) is 5.97. The van der Waals surface area contributed by atoms with E-state index in [2.05, 4.69) is 0 Å². The van der Waals surface area contributed by atoms with Crippen LogP contribution in [-0.2, 0) is 19.6 Å². The fourth-order valence-electron chi connectivity index (χ4n) is 2.66. The molecule has 22 heavy (non-hydrogen) atoms. The van der Waals surface area contributed by atoms with Crippen LogP contribution in [0.4, 0.5) is 4.39 Å². The predicted octanol–water partition coefficient (Wildman–Crippen LogP) is 1.73. The molecule has 1 aliphatic rings. The van der Waals surface area contributed by atoms with E-state index in [1.807, 2.05) is 0 Å². The predicted molar refractivity (Wildman–Crippen MR) is 76.8 cm³/mol. The Labute approximate surface area is 132 Å². The Morgan fingerprint density at radius 2 is 2.23 bits per heavy atom. The molecule has 1 aliphatic heterocycles. The third-order valence-electron chi connectivity index (χ3n) is 3.69. The molecule has 0 spiro atoms. The van der Waals surface area contributed by atoms with E-state index in [1.165, 1.54) is 19.2 Å². The minimum Gasteiger partial charge on any atom is -0.480 e. The van der Waals surface area contributed by atoms with Gasteiger partial charge in [0.25, 0.3) is 0 Å². The Bertz CT molecular complexity index is 696. The summed E-state index contributed by atoms with van der Waals surface area (Å²) in [7, 11) is -3.07. The standard InChI is InChI=1S/C13H15ClFNO5S/c1-21-8-13(12(17)18)6-3-7-16(13)22(19,20)10-5-2-4-9(14)11(10)15/h2,4-5H,3,6-8H2,1H3,(H,17,18). The van der Waals surface area contributed by atoms with Crippen molar-refractivity contribution in [1.29, 1.82) is 0 Å². The van der Waals surface area contributed by atoms with Crippen LogP contribution >= 0.6 is 11.6 Å². The van der Waals surface area contributed by atoms with E-state index >= 15 is 0 Å². The number of benzene rings is 1. The zero-order chi connectivity index (χ0) is 16.5. The molecule has 122 valence electrons. The molecular formula is C13H15ClFNO5S. The topological polar surface area (TPSA) is 83.9 Å². The molecule has 1 atom stereocenters. The summed E-state index contributed by atoms with van der Waals surface area (Å²) in [4.78, 5) is 11.0. The van der Waals surface area contributed by atoms with Crippen LogP contribution in [0.3, 0.4) is 0 Å². The van der Waals surface area contributed by atoms with Crippen LogP contribution in [0.15, 0.2) is 23.1 Å². The number of hydrogen-bond acceptors (Lipinski definition) is 4. The lowest BCUT2D eigenvalue weighted by Crippen LogP contribution is -2.56. The lowest BCUT2D eigenvalue weighted by Gasteiger charge is -2.33. The van der Waals surface area contributed by atoms with Crippen LogP contribution in [0, 0.1) is 5.82 Å². The summed E-state index contributed by atoms with van der Waals surface area (Å²) < 4.78 is 45.2. The van der Waals surface area contributed by atoms with E-state index in [0.717, 1.165) is 10.4 Å². The van der Waals surface area contributed by atoms with E-state index in [-0.39, 0.29) is 24.6 Å². The van der Waals surface area contributed by atoms with Crippen molar-refractivity contribution in [2.45, 2.75) is 23.3 Å². The highest BCUT2D eigenvalue weighted by atomic mass is 35.5. The molecular weight excluding hydrogens is 337 g/mol. The molecule has 1 unspecified atom stereocenters. The number of hydrogen-bond donors (Lipinski definition) is 1. The summed E-state index contributed by atoms with van der Waals surface area (Å²) in [5.41, 5.74) is -1.73. The minimum absolute atomic E-state index is 0.0239. The molecule has 0 bridgehead atoms. The molecule has 1 aromatic carbocycles. The highest BCUT2D eigenvalue weighted by molar-refractivity contribution is 7.89. The van der Waals surface area contributed by atoms with Gasteiger partial charge in [0.2, 0.25) is 10.0 Å². The van der Waals surface area contributed by atoms with Crippen molar-refractivity contribution in [3.05, 3.63) is 29.0 Å². The number of ether oxygens (including phenoxy) is 1. The molecule has 6 nitrogen and oxygen atoms in total. The fourth-order valence-corrected chi connectivity index (χ4v) is 4.77. The maximum Gasteiger partial charge on any atom is 0.327 e. The molecule has 1 saturated heterocycles. The molecule has 0 aliphatic carbocycles. The number of sulfonamides is 1. The number of nitrogens with zero attached hydrogens (tertiary/aromatic N) is 1. The van der Waals surface area contributed by atoms with Crippen molar-refractivity contribution in [3.8, 4) is 0 Å². The average Bonchev–Trinajstić information content (AvgIpc) is 2.88. The smallest absolute Gasteiger partial charge is 0.327 e. The number of carboxylic acid groups (broad SMARTS) is 1. The molecule has 0 amide bonds. The van der Waals surface area contributed by atoms with Gasteiger partial charge in [-0.2, -0.15) is 4.31 Å². The second-order valence-corrected chi connectivity index (χ2v) is 7.24. The van der Waals surface area contributed by atoms with Gasteiger partial charge in [0, 0.05) is 13.7 Å².